The van der Waals surface area contributed by atoms with Crippen molar-refractivity contribution < 1.29 is 4.79 Å². The minimum Gasteiger partial charge on any atom is -0.292 e. The Morgan fingerprint density at radius 1 is 1.21 bits per heavy atom. The van der Waals surface area contributed by atoms with Crippen LogP contribution in [0.2, 0.25) is 5.02 Å². The Labute approximate surface area is 117 Å². The van der Waals surface area contributed by atoms with Crippen molar-refractivity contribution in [1.82, 2.24) is 0 Å². The van der Waals surface area contributed by atoms with Gasteiger partial charge in [-0.25, -0.2) is 0 Å². The summed E-state index contributed by atoms with van der Waals surface area (Å²) in [6.45, 7) is 1.86. The summed E-state index contributed by atoms with van der Waals surface area (Å²) in [5, 5.41) is 9.80. The van der Waals surface area contributed by atoms with Crippen LogP contribution in [0.1, 0.15) is 27.4 Å². The zero-order chi connectivity index (χ0) is 13.8. The van der Waals surface area contributed by atoms with Crippen molar-refractivity contribution in [3.05, 3.63) is 70.2 Å². The third-order valence-corrected chi connectivity index (χ3v) is 3.22. The summed E-state index contributed by atoms with van der Waals surface area (Å²) in [5.74, 6) is -1.01. The SMILES string of the molecule is Cc1ccccc1C(=O)C(C#N)c1cccc(Cl)c1. The first-order valence-electron chi connectivity index (χ1n) is 5.88. The van der Waals surface area contributed by atoms with Gasteiger partial charge in [-0.3, -0.25) is 4.79 Å². The first-order valence-corrected chi connectivity index (χ1v) is 6.26. The highest BCUT2D eigenvalue weighted by atomic mass is 35.5. The summed E-state index contributed by atoms with van der Waals surface area (Å²) < 4.78 is 0. The van der Waals surface area contributed by atoms with E-state index in [9.17, 15) is 10.1 Å². The summed E-state index contributed by atoms with van der Waals surface area (Å²) in [6.07, 6.45) is 0. The largest absolute Gasteiger partial charge is 0.292 e. The molecule has 0 aliphatic heterocycles. The minimum atomic E-state index is -0.820. The quantitative estimate of drug-likeness (QED) is 0.786. The van der Waals surface area contributed by atoms with Gasteiger partial charge in [0.05, 0.1) is 6.07 Å². The molecule has 2 aromatic rings. The number of benzene rings is 2. The first-order chi connectivity index (χ1) is 9.13. The van der Waals surface area contributed by atoms with Gasteiger partial charge < -0.3 is 0 Å². The van der Waals surface area contributed by atoms with Crippen molar-refractivity contribution >= 4 is 17.4 Å². The molecule has 2 aromatic carbocycles. The minimum absolute atomic E-state index is 0.192. The summed E-state index contributed by atoms with van der Waals surface area (Å²) in [5.41, 5.74) is 2.08. The van der Waals surface area contributed by atoms with Gasteiger partial charge in [0.25, 0.3) is 0 Å². The van der Waals surface area contributed by atoms with E-state index in [1.807, 2.05) is 19.1 Å². The van der Waals surface area contributed by atoms with Gasteiger partial charge in [0.2, 0.25) is 0 Å². The molecule has 0 aromatic heterocycles. The molecule has 0 aliphatic carbocycles. The molecule has 2 rings (SSSR count). The van der Waals surface area contributed by atoms with E-state index in [1.165, 1.54) is 0 Å². The zero-order valence-corrected chi connectivity index (χ0v) is 11.2. The number of rotatable bonds is 3. The summed E-state index contributed by atoms with van der Waals surface area (Å²) in [7, 11) is 0. The van der Waals surface area contributed by atoms with E-state index < -0.39 is 5.92 Å². The molecule has 3 heteroatoms. The van der Waals surface area contributed by atoms with Crippen LogP contribution in [-0.4, -0.2) is 5.78 Å². The van der Waals surface area contributed by atoms with Crippen LogP contribution in [0.25, 0.3) is 0 Å². The number of nitrogens with zero attached hydrogens (tertiary/aromatic N) is 1. The van der Waals surface area contributed by atoms with Crippen LogP contribution >= 0.6 is 11.6 Å². The highest BCUT2D eigenvalue weighted by Gasteiger charge is 2.22. The van der Waals surface area contributed by atoms with Gasteiger partial charge >= 0.3 is 0 Å². The molecule has 94 valence electrons. The maximum Gasteiger partial charge on any atom is 0.184 e. The number of ketones is 1. The smallest absolute Gasteiger partial charge is 0.184 e. The van der Waals surface area contributed by atoms with E-state index in [2.05, 4.69) is 6.07 Å². The fourth-order valence-corrected chi connectivity index (χ4v) is 2.17. The van der Waals surface area contributed by atoms with Crippen molar-refractivity contribution in [1.29, 1.82) is 5.26 Å². The molecule has 0 N–H and O–H groups in total. The molecule has 19 heavy (non-hydrogen) atoms. The fourth-order valence-electron chi connectivity index (χ4n) is 1.98. The highest BCUT2D eigenvalue weighted by molar-refractivity contribution is 6.30. The van der Waals surface area contributed by atoms with E-state index in [1.54, 1.807) is 36.4 Å². The molecule has 1 atom stereocenters. The van der Waals surface area contributed by atoms with Crippen molar-refractivity contribution in [2.75, 3.05) is 0 Å². The number of nitriles is 1. The summed E-state index contributed by atoms with van der Waals surface area (Å²) >= 11 is 5.91. The number of hydrogen-bond donors (Lipinski definition) is 0. The molecule has 0 amide bonds. The third kappa shape index (κ3) is 2.83. The molecule has 0 radical (unpaired) electrons. The molecule has 0 heterocycles. The highest BCUT2D eigenvalue weighted by Crippen LogP contribution is 2.24. The average Bonchev–Trinajstić information content (AvgIpc) is 2.40. The van der Waals surface area contributed by atoms with Gasteiger partial charge in [0, 0.05) is 10.6 Å². The van der Waals surface area contributed by atoms with Crippen LogP contribution in [0, 0.1) is 18.3 Å². The van der Waals surface area contributed by atoms with Gasteiger partial charge in [-0.1, -0.05) is 48.0 Å². The number of Topliss-reactive ketones (excluding diaryl/α,β-unsaturated/α-hetero) is 1. The second kappa shape index (κ2) is 5.69. The van der Waals surface area contributed by atoms with Crippen LogP contribution in [0.15, 0.2) is 48.5 Å². The molecule has 0 saturated carbocycles. The number of aryl methyl sites for hydroxylation is 1. The molecule has 1 unspecified atom stereocenters. The molecule has 0 saturated heterocycles. The van der Waals surface area contributed by atoms with Crippen LogP contribution in [-0.2, 0) is 0 Å². The lowest BCUT2D eigenvalue weighted by atomic mass is 9.90. The van der Waals surface area contributed by atoms with Gasteiger partial charge in [0.1, 0.15) is 5.92 Å². The normalized spacial score (nSPS) is 11.6. The first kappa shape index (κ1) is 13.3. The van der Waals surface area contributed by atoms with Gasteiger partial charge in [-0.2, -0.15) is 5.26 Å². The van der Waals surface area contributed by atoms with E-state index in [0.29, 0.717) is 16.1 Å². The van der Waals surface area contributed by atoms with Crippen molar-refractivity contribution in [2.45, 2.75) is 12.8 Å². The van der Waals surface area contributed by atoms with Gasteiger partial charge in [-0.05, 0) is 30.2 Å². The lowest BCUT2D eigenvalue weighted by Gasteiger charge is -2.10. The van der Waals surface area contributed by atoms with E-state index in [-0.39, 0.29) is 5.78 Å². The van der Waals surface area contributed by atoms with Crippen molar-refractivity contribution in [2.24, 2.45) is 0 Å². The topological polar surface area (TPSA) is 40.9 Å². The third-order valence-electron chi connectivity index (χ3n) is 2.98. The Balaban J connectivity index is 2.42. The molecular weight excluding hydrogens is 258 g/mol. The molecule has 0 aliphatic rings. The summed E-state index contributed by atoms with van der Waals surface area (Å²) in [4.78, 5) is 12.4. The molecule has 0 spiro atoms. The Morgan fingerprint density at radius 2 is 1.95 bits per heavy atom. The lowest BCUT2D eigenvalue weighted by molar-refractivity contribution is 0.0978. The molecule has 0 fully saturated rings. The maximum absolute atomic E-state index is 12.4. The second-order valence-corrected chi connectivity index (χ2v) is 4.73. The molecule has 2 nitrogen and oxygen atoms in total. The number of carbonyl (C=O) groups is 1. The average molecular weight is 270 g/mol. The fraction of sp³-hybridized carbons (Fsp3) is 0.125. The lowest BCUT2D eigenvalue weighted by Crippen LogP contribution is -2.12. The number of halogens is 1. The number of carbonyl (C=O) groups excluding carboxylic acids is 1. The van der Waals surface area contributed by atoms with E-state index in [4.69, 9.17) is 11.6 Å². The Hall–Kier alpha value is -2.11. The predicted octanol–water partition coefficient (Wildman–Crippen LogP) is 4.14. The van der Waals surface area contributed by atoms with Gasteiger partial charge in [-0.15, -0.1) is 0 Å². The monoisotopic (exact) mass is 269 g/mol. The Morgan fingerprint density at radius 3 is 2.58 bits per heavy atom. The van der Waals surface area contributed by atoms with Crippen LogP contribution in [0.4, 0.5) is 0 Å². The maximum atomic E-state index is 12.4. The van der Waals surface area contributed by atoms with E-state index >= 15 is 0 Å². The van der Waals surface area contributed by atoms with Crippen LogP contribution in [0.3, 0.4) is 0 Å². The van der Waals surface area contributed by atoms with Crippen molar-refractivity contribution in [3.63, 3.8) is 0 Å². The van der Waals surface area contributed by atoms with Gasteiger partial charge in [0.15, 0.2) is 5.78 Å². The molecule has 0 bridgehead atoms. The van der Waals surface area contributed by atoms with Crippen LogP contribution < -0.4 is 0 Å². The van der Waals surface area contributed by atoms with Crippen LogP contribution in [0.5, 0.6) is 0 Å². The summed E-state index contributed by atoms with van der Waals surface area (Å²) in [6, 6.07) is 16.2. The number of hydrogen-bond acceptors (Lipinski definition) is 2. The second-order valence-electron chi connectivity index (χ2n) is 4.30. The molecular formula is C16H12ClNO. The van der Waals surface area contributed by atoms with Crippen molar-refractivity contribution in [3.8, 4) is 6.07 Å². The Bertz CT molecular complexity index is 658. The zero-order valence-electron chi connectivity index (χ0n) is 10.4. The Kier molecular flexibility index (Phi) is 3.99. The predicted molar refractivity (Wildman–Crippen MR) is 75.3 cm³/mol. The standard InChI is InChI=1S/C16H12ClNO/c1-11-5-2-3-8-14(11)16(19)15(10-18)12-6-4-7-13(17)9-12/h2-9,15H,1H3. The van der Waals surface area contributed by atoms with E-state index in [0.717, 1.165) is 5.56 Å².